The first-order valence-electron chi connectivity index (χ1n) is 8.50. The molecule has 0 bridgehead atoms. The highest BCUT2D eigenvalue weighted by molar-refractivity contribution is 7.68. The lowest BCUT2D eigenvalue weighted by molar-refractivity contribution is 0.223. The monoisotopic (exact) mass is 334 g/mol. The molecule has 0 spiro atoms. The molecule has 0 amide bonds. The van der Waals surface area contributed by atoms with Crippen molar-refractivity contribution in [1.82, 2.24) is 0 Å². The van der Waals surface area contributed by atoms with E-state index in [0.29, 0.717) is 0 Å². The molecular weight excluding hydrogens is 311 g/mol. The predicted molar refractivity (Wildman–Crippen MR) is 104 cm³/mol. The number of benzene rings is 3. The van der Waals surface area contributed by atoms with Gasteiger partial charge in [-0.15, -0.1) is 0 Å². The van der Waals surface area contributed by atoms with Crippen LogP contribution >= 0.6 is 8.15 Å². The van der Waals surface area contributed by atoms with Crippen LogP contribution in [-0.4, -0.2) is 0 Å². The minimum atomic E-state index is -0.825. The molecule has 3 rings (SSSR count). The Bertz CT molecular complexity index is 673. The van der Waals surface area contributed by atoms with Crippen molar-refractivity contribution in [3.05, 3.63) is 96.6 Å². The Morgan fingerprint density at radius 1 is 0.708 bits per heavy atom. The maximum atomic E-state index is 6.71. The van der Waals surface area contributed by atoms with E-state index in [4.69, 9.17) is 4.52 Å². The molecule has 0 aliphatic rings. The van der Waals surface area contributed by atoms with Crippen LogP contribution in [0.25, 0.3) is 0 Å². The van der Waals surface area contributed by atoms with Gasteiger partial charge in [-0.2, -0.15) is 0 Å². The molecule has 2 heteroatoms. The molecule has 0 saturated carbocycles. The van der Waals surface area contributed by atoms with Crippen LogP contribution in [0.1, 0.15) is 31.4 Å². The normalized spacial score (nSPS) is 12.2. The van der Waals surface area contributed by atoms with Crippen molar-refractivity contribution < 1.29 is 4.52 Å². The van der Waals surface area contributed by atoms with Gasteiger partial charge in [0.1, 0.15) is 0 Å². The van der Waals surface area contributed by atoms with E-state index in [2.05, 4.69) is 97.9 Å². The Labute approximate surface area is 146 Å². The number of hydrogen-bond acceptors (Lipinski definition) is 1. The van der Waals surface area contributed by atoms with Gasteiger partial charge in [0.25, 0.3) is 0 Å². The molecule has 0 N–H and O–H groups in total. The maximum Gasteiger partial charge on any atom is 0.0926 e. The minimum absolute atomic E-state index is 0.128. The lowest BCUT2D eigenvalue weighted by atomic mass is 10.1. The zero-order valence-electron chi connectivity index (χ0n) is 14.0. The van der Waals surface area contributed by atoms with E-state index in [0.717, 1.165) is 12.8 Å². The second kappa shape index (κ2) is 8.78. The van der Waals surface area contributed by atoms with E-state index in [1.54, 1.807) is 0 Å². The second-order valence-corrected chi connectivity index (χ2v) is 7.59. The van der Waals surface area contributed by atoms with Crippen LogP contribution < -0.4 is 10.6 Å². The third-order valence-electron chi connectivity index (χ3n) is 3.94. The van der Waals surface area contributed by atoms with Crippen molar-refractivity contribution in [3.63, 3.8) is 0 Å². The third kappa shape index (κ3) is 4.32. The van der Waals surface area contributed by atoms with E-state index in [9.17, 15) is 0 Å². The van der Waals surface area contributed by atoms with Gasteiger partial charge in [-0.3, -0.25) is 0 Å². The fourth-order valence-corrected chi connectivity index (χ4v) is 4.64. The van der Waals surface area contributed by atoms with Gasteiger partial charge < -0.3 is 4.52 Å². The largest absolute Gasteiger partial charge is 0.342 e. The highest BCUT2D eigenvalue weighted by atomic mass is 31.1. The van der Waals surface area contributed by atoms with Crippen molar-refractivity contribution >= 4 is 18.8 Å². The molecule has 1 nitrogen and oxygen atoms in total. The summed E-state index contributed by atoms with van der Waals surface area (Å²) in [7, 11) is -0.825. The SMILES string of the molecule is CCC[C@H](OP(c1ccccc1)c1ccccc1)c1ccccc1. The second-order valence-electron chi connectivity index (χ2n) is 5.76. The fourth-order valence-electron chi connectivity index (χ4n) is 2.73. The zero-order valence-corrected chi connectivity index (χ0v) is 14.9. The van der Waals surface area contributed by atoms with Crippen LogP contribution in [0.3, 0.4) is 0 Å². The molecule has 3 aromatic rings. The minimum Gasteiger partial charge on any atom is -0.342 e. The van der Waals surface area contributed by atoms with E-state index in [-0.39, 0.29) is 6.10 Å². The van der Waals surface area contributed by atoms with E-state index < -0.39 is 8.15 Å². The van der Waals surface area contributed by atoms with Crippen LogP contribution in [0.4, 0.5) is 0 Å². The maximum absolute atomic E-state index is 6.71. The summed E-state index contributed by atoms with van der Waals surface area (Å²) in [6.07, 6.45) is 2.26. The van der Waals surface area contributed by atoms with Crippen LogP contribution in [0.15, 0.2) is 91.0 Å². The Morgan fingerprint density at radius 3 is 1.62 bits per heavy atom. The zero-order chi connectivity index (χ0) is 16.6. The first kappa shape index (κ1) is 16.9. The summed E-state index contributed by atoms with van der Waals surface area (Å²) < 4.78 is 6.71. The third-order valence-corrected chi connectivity index (χ3v) is 5.94. The summed E-state index contributed by atoms with van der Waals surface area (Å²) in [4.78, 5) is 0. The molecule has 0 heterocycles. The van der Waals surface area contributed by atoms with Crippen LogP contribution in [0, 0.1) is 0 Å². The topological polar surface area (TPSA) is 9.23 Å². The molecule has 0 unspecified atom stereocenters. The van der Waals surface area contributed by atoms with Gasteiger partial charge in [-0.05, 0) is 12.0 Å². The van der Waals surface area contributed by atoms with Crippen molar-refractivity contribution in [2.45, 2.75) is 25.9 Å². The smallest absolute Gasteiger partial charge is 0.0926 e. The van der Waals surface area contributed by atoms with Gasteiger partial charge >= 0.3 is 0 Å². The standard InChI is InChI=1S/C22H23OP/c1-2-12-22(19-13-6-3-7-14-19)23-24(20-15-8-4-9-16-20)21-17-10-5-11-18-21/h3-11,13-18,22H,2,12H2,1H3/t22-/m0/s1. The average Bonchev–Trinajstić information content (AvgIpc) is 2.67. The van der Waals surface area contributed by atoms with Gasteiger partial charge in [-0.25, -0.2) is 0 Å². The van der Waals surface area contributed by atoms with Crippen molar-refractivity contribution in [2.75, 3.05) is 0 Å². The van der Waals surface area contributed by atoms with E-state index in [1.165, 1.54) is 16.2 Å². The summed E-state index contributed by atoms with van der Waals surface area (Å²) >= 11 is 0. The van der Waals surface area contributed by atoms with Gasteiger partial charge in [0.05, 0.1) is 14.3 Å². The van der Waals surface area contributed by atoms with E-state index >= 15 is 0 Å². The lowest BCUT2D eigenvalue weighted by Gasteiger charge is -2.25. The summed E-state index contributed by atoms with van der Waals surface area (Å²) in [5, 5.41) is 2.52. The molecule has 0 radical (unpaired) electrons. The van der Waals surface area contributed by atoms with Gasteiger partial charge in [-0.1, -0.05) is 104 Å². The Kier molecular flexibility index (Phi) is 6.18. The fraction of sp³-hybridized carbons (Fsp3) is 0.182. The van der Waals surface area contributed by atoms with Gasteiger partial charge in [0.15, 0.2) is 0 Å². The molecular formula is C22H23OP. The van der Waals surface area contributed by atoms with Crippen LogP contribution in [0.5, 0.6) is 0 Å². The molecule has 3 aromatic carbocycles. The first-order valence-corrected chi connectivity index (χ1v) is 9.76. The molecule has 1 atom stereocenters. The highest BCUT2D eigenvalue weighted by Crippen LogP contribution is 2.42. The van der Waals surface area contributed by atoms with E-state index in [1.807, 2.05) is 0 Å². The quantitative estimate of drug-likeness (QED) is 0.512. The molecule has 0 fully saturated rings. The highest BCUT2D eigenvalue weighted by Gasteiger charge is 2.21. The summed E-state index contributed by atoms with van der Waals surface area (Å²) in [5.74, 6) is 0. The molecule has 0 aliphatic heterocycles. The van der Waals surface area contributed by atoms with Gasteiger partial charge in [0, 0.05) is 10.6 Å². The van der Waals surface area contributed by atoms with Gasteiger partial charge in [0.2, 0.25) is 0 Å². The van der Waals surface area contributed by atoms with Crippen molar-refractivity contribution in [1.29, 1.82) is 0 Å². The molecule has 0 saturated heterocycles. The van der Waals surface area contributed by atoms with Crippen molar-refractivity contribution in [2.24, 2.45) is 0 Å². The average molecular weight is 334 g/mol. The van der Waals surface area contributed by atoms with Crippen LogP contribution in [0.2, 0.25) is 0 Å². The first-order chi connectivity index (χ1) is 11.9. The Balaban J connectivity index is 1.93. The van der Waals surface area contributed by atoms with Crippen molar-refractivity contribution in [3.8, 4) is 0 Å². The number of rotatable bonds is 7. The molecule has 0 aromatic heterocycles. The summed E-state index contributed by atoms with van der Waals surface area (Å²) in [5.41, 5.74) is 1.26. The predicted octanol–water partition coefficient (Wildman–Crippen LogP) is 5.59. The Morgan fingerprint density at radius 2 is 1.17 bits per heavy atom. The lowest BCUT2D eigenvalue weighted by Crippen LogP contribution is -2.16. The summed E-state index contributed by atoms with van der Waals surface area (Å²) in [6, 6.07) is 31.8. The summed E-state index contributed by atoms with van der Waals surface area (Å²) in [6.45, 7) is 2.21. The molecule has 24 heavy (non-hydrogen) atoms. The Hall–Kier alpha value is -1.95. The van der Waals surface area contributed by atoms with Crippen LogP contribution in [-0.2, 0) is 4.52 Å². The number of hydrogen-bond donors (Lipinski definition) is 0. The molecule has 0 aliphatic carbocycles. The molecule has 122 valence electrons.